The summed E-state index contributed by atoms with van der Waals surface area (Å²) in [6.07, 6.45) is 6.12. The van der Waals surface area contributed by atoms with Gasteiger partial charge in [0.2, 0.25) is 17.7 Å². The molecule has 2 saturated heterocycles. The van der Waals surface area contributed by atoms with Gasteiger partial charge >= 0.3 is 57.5 Å². The van der Waals surface area contributed by atoms with E-state index in [9.17, 15) is 27.6 Å². The molecular formula is C44H59KN6O9S. The number of sulfonamides is 1. The zero-order valence-corrected chi connectivity index (χ0v) is 40.2. The molecule has 61 heavy (non-hydrogen) atoms. The number of ether oxygens (including phenoxy) is 3. The number of rotatable bonds is 8. The van der Waals surface area contributed by atoms with Gasteiger partial charge in [-0.3, -0.25) is 14.5 Å². The van der Waals surface area contributed by atoms with Crippen molar-refractivity contribution < 1.29 is 93.2 Å². The van der Waals surface area contributed by atoms with Gasteiger partial charge in [0.1, 0.15) is 34.3 Å². The Hall–Kier alpha value is -2.64. The number of para-hydroxylation sites is 1. The van der Waals surface area contributed by atoms with Crippen LogP contribution in [0.3, 0.4) is 0 Å². The summed E-state index contributed by atoms with van der Waals surface area (Å²) in [5.41, 5.74) is 0.505. The predicted molar refractivity (Wildman–Crippen MR) is 223 cm³/mol. The summed E-state index contributed by atoms with van der Waals surface area (Å²) < 4.78 is 47.2. The largest absolute Gasteiger partial charge is 1.00 e. The van der Waals surface area contributed by atoms with Crippen molar-refractivity contribution in [2.75, 3.05) is 32.8 Å². The van der Waals surface area contributed by atoms with Crippen LogP contribution in [0.25, 0.3) is 15.6 Å². The standard InChI is InChI=1S/C44H60N6O9S.K/c1-6-28-24-44(28,40(53)48-60(55,56)43(5)16-17-43)47-37(51)34-23-29-25-50(34)39(52)36(42(2,3)4)46-41(54)59-35-22-27(35)12-8-7-9-14-31-32(26-49-18-20-57-21-19-49)30-13-10-11-15-33(30)45-38(31)58-29;/h6,10-11,13,15,27-29,34-36H,1,7-9,12,14,16-26H2,2-5H3,(H3,46,47,48,51,53,54);/q;+1/p-1/t27-,28-,29-,34+,35-,36-,44-;/m1./s1. The summed E-state index contributed by atoms with van der Waals surface area (Å²) in [5, 5.41) is 6.73. The number of morpholine rings is 1. The first-order valence-corrected chi connectivity index (χ1v) is 23.1. The minimum atomic E-state index is -4.13. The first-order chi connectivity index (χ1) is 28.5. The van der Waals surface area contributed by atoms with Gasteiger partial charge in [-0.05, 0) is 74.8 Å². The number of alkyl carbamates (subject to hydrolysis) is 1. The van der Waals surface area contributed by atoms with Crippen molar-refractivity contribution in [3.8, 4) is 5.88 Å². The minimum Gasteiger partial charge on any atom is -0.543 e. The number of carbonyl (C=O) groups is 4. The van der Waals surface area contributed by atoms with E-state index in [4.69, 9.17) is 19.2 Å². The fraction of sp³-hybridized carbons (Fsp3) is 0.659. The summed E-state index contributed by atoms with van der Waals surface area (Å²) in [6.45, 7) is 14.5. The van der Waals surface area contributed by atoms with E-state index in [1.807, 2.05) is 39.0 Å². The van der Waals surface area contributed by atoms with Gasteiger partial charge in [0.25, 0.3) is 0 Å². The normalized spacial score (nSPS) is 30.4. The molecule has 6 aliphatic rings. The van der Waals surface area contributed by atoms with Crippen LogP contribution in [0.15, 0.2) is 36.9 Å². The number of aromatic nitrogens is 1. The van der Waals surface area contributed by atoms with E-state index in [0.29, 0.717) is 44.9 Å². The van der Waals surface area contributed by atoms with Gasteiger partial charge in [-0.1, -0.05) is 57.9 Å². The Balaban J connectivity index is 0.00000561. The Morgan fingerprint density at radius 3 is 2.51 bits per heavy atom. The van der Waals surface area contributed by atoms with E-state index in [2.05, 4.69) is 32.9 Å². The van der Waals surface area contributed by atoms with E-state index in [1.54, 1.807) is 6.92 Å². The van der Waals surface area contributed by atoms with Crippen molar-refractivity contribution in [2.45, 2.75) is 133 Å². The Bertz CT molecular complexity index is 2160. The third-order valence-corrected chi connectivity index (χ3v) is 15.5. The molecule has 17 heteroatoms. The van der Waals surface area contributed by atoms with Crippen molar-refractivity contribution in [3.63, 3.8) is 0 Å². The fourth-order valence-electron chi connectivity index (χ4n) is 9.06. The third kappa shape index (κ3) is 9.88. The maximum absolute atomic E-state index is 14.8. The molecule has 4 amide bonds. The molecule has 5 fully saturated rings. The summed E-state index contributed by atoms with van der Waals surface area (Å²) in [4.78, 5) is 65.5. The maximum atomic E-state index is 14.8. The molecule has 2 N–H and O–H groups in total. The van der Waals surface area contributed by atoms with Crippen LogP contribution >= 0.6 is 0 Å². The summed E-state index contributed by atoms with van der Waals surface area (Å²) in [5.74, 6) is -1.95. The summed E-state index contributed by atoms with van der Waals surface area (Å²) >= 11 is 0. The SMILES string of the molecule is C=C[C@@H]1C[C@]1(NC(=O)[C@@H]1C[C@@H]2CN1C(=O)[C@H](C(C)(C)C)NC(=O)O[C@@H]1C[C@H]1CCCCCc1c(nc3ccccc3c1CN1CCOCC1)O2)C(=O)[N-]S(=O)(=O)C1(C)CC1.[K+]. The second-order valence-electron chi connectivity index (χ2n) is 19.1. The van der Waals surface area contributed by atoms with Crippen LogP contribution in [0.1, 0.15) is 96.6 Å². The van der Waals surface area contributed by atoms with Crippen molar-refractivity contribution >= 4 is 44.7 Å². The Morgan fingerprint density at radius 2 is 1.82 bits per heavy atom. The van der Waals surface area contributed by atoms with Crippen LogP contribution in [-0.4, -0.2) is 114 Å². The molecule has 0 spiro atoms. The number of carbonyl (C=O) groups excluding carboxylic acids is 4. The number of nitrogens with zero attached hydrogens (tertiary/aromatic N) is 4. The van der Waals surface area contributed by atoms with Crippen molar-refractivity contribution in [2.24, 2.45) is 17.3 Å². The van der Waals surface area contributed by atoms with Gasteiger partial charge in [-0.15, -0.1) is 6.58 Å². The second kappa shape index (κ2) is 18.1. The van der Waals surface area contributed by atoms with Crippen molar-refractivity contribution in [1.82, 2.24) is 25.4 Å². The number of hydrogen-bond acceptors (Lipinski definition) is 11. The molecule has 1 aromatic heterocycles. The quantitative estimate of drug-likeness (QED) is 0.292. The zero-order chi connectivity index (χ0) is 42.6. The maximum Gasteiger partial charge on any atom is 1.00 e. The molecule has 2 bridgehead atoms. The number of amides is 4. The molecule has 3 aliphatic heterocycles. The van der Waals surface area contributed by atoms with Crippen LogP contribution in [-0.2, 0) is 46.8 Å². The molecule has 15 nitrogen and oxygen atoms in total. The topological polar surface area (TPSA) is 188 Å². The minimum absolute atomic E-state index is 0. The molecule has 0 radical (unpaired) electrons. The van der Waals surface area contributed by atoms with Crippen LogP contribution in [0.5, 0.6) is 5.88 Å². The van der Waals surface area contributed by atoms with Crippen molar-refractivity contribution in [3.05, 3.63) is 52.8 Å². The third-order valence-electron chi connectivity index (χ3n) is 13.5. The molecule has 3 saturated carbocycles. The predicted octanol–water partition coefficient (Wildman–Crippen LogP) is 1.91. The van der Waals surface area contributed by atoms with Gasteiger partial charge in [-0.2, -0.15) is 0 Å². The average molecular weight is 887 g/mol. The smallest absolute Gasteiger partial charge is 0.543 e. The second-order valence-corrected chi connectivity index (χ2v) is 21.2. The molecular weight excluding hydrogens is 828 g/mol. The van der Waals surface area contributed by atoms with E-state index in [0.717, 1.165) is 67.2 Å². The van der Waals surface area contributed by atoms with Gasteiger partial charge in [0, 0.05) is 42.9 Å². The first-order valence-electron chi connectivity index (χ1n) is 21.6. The fourth-order valence-corrected chi connectivity index (χ4v) is 10.3. The molecule has 8 rings (SSSR count). The van der Waals surface area contributed by atoms with E-state index < -0.39 is 73.6 Å². The van der Waals surface area contributed by atoms with Gasteiger partial charge < -0.3 is 39.3 Å². The number of benzene rings is 1. The van der Waals surface area contributed by atoms with Crippen LogP contribution < -0.4 is 66.8 Å². The first kappa shape index (κ1) is 46.4. The number of hydrogen-bond donors (Lipinski definition) is 2. The van der Waals surface area contributed by atoms with Gasteiger partial charge in [0.05, 0.1) is 41.5 Å². The molecule has 7 atom stereocenters. The monoisotopic (exact) mass is 886 g/mol. The number of pyridine rings is 1. The number of fused-ring (bicyclic) bond motifs is 5. The van der Waals surface area contributed by atoms with E-state index in [-0.39, 0.29) is 82.8 Å². The zero-order valence-electron chi connectivity index (χ0n) is 36.2. The molecule has 4 heterocycles. The van der Waals surface area contributed by atoms with Crippen LogP contribution in [0.4, 0.5) is 4.79 Å². The molecule has 0 unspecified atom stereocenters. The van der Waals surface area contributed by atoms with Crippen molar-refractivity contribution in [1.29, 1.82) is 0 Å². The molecule has 326 valence electrons. The Morgan fingerprint density at radius 1 is 1.08 bits per heavy atom. The Kier molecular flexibility index (Phi) is 13.7. The van der Waals surface area contributed by atoms with Crippen LogP contribution in [0.2, 0.25) is 0 Å². The Labute approximate surface area is 401 Å². The summed E-state index contributed by atoms with van der Waals surface area (Å²) in [7, 11) is -4.13. The van der Waals surface area contributed by atoms with Gasteiger partial charge in [-0.25, -0.2) is 18.2 Å². The van der Waals surface area contributed by atoms with E-state index in [1.165, 1.54) is 11.0 Å². The average Bonchev–Trinajstić information content (AvgIpc) is 4.16. The molecule has 2 aromatic rings. The molecule has 3 aliphatic carbocycles. The molecule has 1 aromatic carbocycles. The van der Waals surface area contributed by atoms with E-state index >= 15 is 0 Å². The van der Waals surface area contributed by atoms with Crippen LogP contribution in [0, 0.1) is 17.3 Å². The summed E-state index contributed by atoms with van der Waals surface area (Å²) in [6, 6.07) is 5.80. The van der Waals surface area contributed by atoms with Gasteiger partial charge in [0.15, 0.2) is 0 Å². The number of nitrogens with one attached hydrogen (secondary N) is 2.